The lowest BCUT2D eigenvalue weighted by Gasteiger charge is -2.53. The van der Waals surface area contributed by atoms with Crippen molar-refractivity contribution in [3.63, 3.8) is 0 Å². The van der Waals surface area contributed by atoms with Gasteiger partial charge in [0.15, 0.2) is 0 Å². The van der Waals surface area contributed by atoms with Crippen LogP contribution in [0.5, 0.6) is 5.75 Å². The van der Waals surface area contributed by atoms with Gasteiger partial charge in [0.25, 0.3) is 0 Å². The molecule has 1 amide bonds. The molecule has 0 unspecified atom stereocenters. The van der Waals surface area contributed by atoms with Crippen molar-refractivity contribution in [2.24, 2.45) is 5.41 Å². The normalized spacial score (nSPS) is 17.5. The van der Waals surface area contributed by atoms with Crippen LogP contribution in [0.15, 0.2) is 42.5 Å². The van der Waals surface area contributed by atoms with Crippen molar-refractivity contribution in [1.82, 2.24) is 4.90 Å². The fourth-order valence-corrected chi connectivity index (χ4v) is 4.63. The molecule has 0 aromatic heterocycles. The second kappa shape index (κ2) is 8.46. The van der Waals surface area contributed by atoms with Gasteiger partial charge in [0.05, 0.1) is 12.8 Å². The summed E-state index contributed by atoms with van der Waals surface area (Å²) < 4.78 is 10.9. The minimum absolute atomic E-state index is 0.205. The molecule has 2 aromatic carbocycles. The molecule has 2 saturated heterocycles. The molecule has 160 valence electrons. The average Bonchev–Trinajstić information content (AvgIpc) is 2.76. The maximum atomic E-state index is 12.4. The fourth-order valence-electron chi connectivity index (χ4n) is 4.63. The molecule has 2 aromatic rings. The van der Waals surface area contributed by atoms with Gasteiger partial charge >= 0.3 is 6.09 Å². The Morgan fingerprint density at radius 3 is 2.47 bits per heavy atom. The van der Waals surface area contributed by atoms with Crippen LogP contribution in [0, 0.1) is 5.41 Å². The number of nitrogens with zero attached hydrogens (tertiary/aromatic N) is 2. The highest BCUT2D eigenvalue weighted by atomic mass is 16.6. The summed E-state index contributed by atoms with van der Waals surface area (Å²) in [6.07, 6.45) is 2.88. The number of aryl methyl sites for hydroxylation is 1. The molecular formula is C24H31N3O3. The zero-order valence-electron chi connectivity index (χ0n) is 17.9. The van der Waals surface area contributed by atoms with Gasteiger partial charge in [-0.2, -0.15) is 0 Å². The molecule has 1 spiro atoms. The summed E-state index contributed by atoms with van der Waals surface area (Å²) in [7, 11) is 1.66. The van der Waals surface area contributed by atoms with E-state index in [4.69, 9.17) is 15.2 Å². The fraction of sp³-hybridized carbons (Fsp3) is 0.458. The highest BCUT2D eigenvalue weighted by Crippen LogP contribution is 2.43. The molecular weight excluding hydrogens is 378 g/mol. The van der Waals surface area contributed by atoms with Gasteiger partial charge in [-0.3, -0.25) is 0 Å². The number of rotatable bonds is 5. The Bertz CT molecular complexity index is 884. The molecule has 6 heteroatoms. The average molecular weight is 410 g/mol. The minimum Gasteiger partial charge on any atom is -0.495 e. The third-order valence-corrected chi connectivity index (χ3v) is 6.49. The molecule has 2 N–H and O–H groups in total. The molecule has 0 atom stereocenters. The smallest absolute Gasteiger partial charge is 0.410 e. The largest absolute Gasteiger partial charge is 0.495 e. The van der Waals surface area contributed by atoms with Gasteiger partial charge in [-0.1, -0.05) is 37.3 Å². The van der Waals surface area contributed by atoms with E-state index in [-0.39, 0.29) is 11.5 Å². The van der Waals surface area contributed by atoms with Crippen LogP contribution in [0.3, 0.4) is 0 Å². The van der Waals surface area contributed by atoms with Crippen molar-refractivity contribution >= 4 is 17.5 Å². The van der Waals surface area contributed by atoms with Crippen molar-refractivity contribution in [2.75, 3.05) is 43.9 Å². The third kappa shape index (κ3) is 4.04. The summed E-state index contributed by atoms with van der Waals surface area (Å²) in [6, 6.07) is 13.9. The lowest BCUT2D eigenvalue weighted by Crippen LogP contribution is -2.62. The maximum Gasteiger partial charge on any atom is 0.410 e. The van der Waals surface area contributed by atoms with Gasteiger partial charge in [0, 0.05) is 43.3 Å². The molecule has 2 aliphatic rings. The van der Waals surface area contributed by atoms with Crippen LogP contribution in [0.4, 0.5) is 16.2 Å². The number of piperidine rings is 1. The lowest BCUT2D eigenvalue weighted by atomic mass is 9.72. The number of nitrogens with two attached hydrogens (primary N) is 1. The summed E-state index contributed by atoms with van der Waals surface area (Å²) >= 11 is 0. The molecule has 0 saturated carbocycles. The number of nitrogen functional groups attached to an aromatic ring is 1. The van der Waals surface area contributed by atoms with Crippen molar-refractivity contribution in [3.8, 4) is 5.75 Å². The van der Waals surface area contributed by atoms with E-state index < -0.39 is 0 Å². The number of methoxy groups -OCH3 is 1. The van der Waals surface area contributed by atoms with Crippen molar-refractivity contribution in [3.05, 3.63) is 53.6 Å². The quantitative estimate of drug-likeness (QED) is 0.754. The second-order valence-electron chi connectivity index (χ2n) is 8.46. The third-order valence-electron chi connectivity index (χ3n) is 6.49. The van der Waals surface area contributed by atoms with Crippen LogP contribution >= 0.6 is 0 Å². The standard InChI is InChI=1S/C24H31N3O3/c1-3-19-13-20(25)22(29-2)14-21(19)26-11-9-24(10-12-26)16-27(17-24)23(28)30-15-18-7-5-4-6-8-18/h4-8,13-14H,3,9-12,15-17,25H2,1-2H3. The second-order valence-corrected chi connectivity index (χ2v) is 8.46. The van der Waals surface area contributed by atoms with Gasteiger partial charge in [-0.05, 0) is 36.5 Å². The molecule has 4 rings (SSSR count). The SMILES string of the molecule is CCc1cc(N)c(OC)cc1N1CCC2(CC1)CN(C(=O)OCc1ccccc1)C2. The highest BCUT2D eigenvalue weighted by molar-refractivity contribution is 5.69. The number of carbonyl (C=O) groups excluding carboxylic acids is 1. The minimum atomic E-state index is -0.205. The van der Waals surface area contributed by atoms with E-state index in [1.807, 2.05) is 41.3 Å². The van der Waals surface area contributed by atoms with Gasteiger partial charge in [0.2, 0.25) is 0 Å². The summed E-state index contributed by atoms with van der Waals surface area (Å²) in [6.45, 7) is 6.02. The Morgan fingerprint density at radius 2 is 1.83 bits per heavy atom. The van der Waals surface area contributed by atoms with Crippen LogP contribution in [0.2, 0.25) is 0 Å². The van der Waals surface area contributed by atoms with Crippen LogP contribution in [-0.2, 0) is 17.8 Å². The topological polar surface area (TPSA) is 68.0 Å². The predicted molar refractivity (Wildman–Crippen MR) is 119 cm³/mol. The number of likely N-dealkylation sites (tertiary alicyclic amines) is 1. The molecule has 0 aliphatic carbocycles. The first-order valence-electron chi connectivity index (χ1n) is 10.7. The molecule has 0 bridgehead atoms. The zero-order valence-corrected chi connectivity index (χ0v) is 17.9. The summed E-state index contributed by atoms with van der Waals surface area (Å²) in [4.78, 5) is 16.6. The van der Waals surface area contributed by atoms with Crippen LogP contribution < -0.4 is 15.4 Å². The van der Waals surface area contributed by atoms with Crippen LogP contribution in [-0.4, -0.2) is 44.3 Å². The number of carbonyl (C=O) groups is 1. The first kappa shape index (κ1) is 20.4. The van der Waals surface area contributed by atoms with E-state index in [1.54, 1.807) is 7.11 Å². The van der Waals surface area contributed by atoms with Crippen molar-refractivity contribution < 1.29 is 14.3 Å². The molecule has 0 radical (unpaired) electrons. The molecule has 2 aliphatic heterocycles. The number of anilines is 2. The van der Waals surface area contributed by atoms with E-state index in [0.717, 1.165) is 56.8 Å². The molecule has 30 heavy (non-hydrogen) atoms. The number of hydrogen-bond donors (Lipinski definition) is 1. The Morgan fingerprint density at radius 1 is 1.13 bits per heavy atom. The number of amides is 1. The lowest BCUT2D eigenvalue weighted by molar-refractivity contribution is -0.0198. The Kier molecular flexibility index (Phi) is 5.75. The van der Waals surface area contributed by atoms with Gasteiger partial charge in [-0.25, -0.2) is 4.79 Å². The van der Waals surface area contributed by atoms with E-state index in [0.29, 0.717) is 12.3 Å². The first-order chi connectivity index (χ1) is 14.5. The summed E-state index contributed by atoms with van der Waals surface area (Å²) in [5.74, 6) is 0.735. The first-order valence-corrected chi connectivity index (χ1v) is 10.7. The number of benzene rings is 2. The number of hydrogen-bond acceptors (Lipinski definition) is 5. The molecule has 2 fully saturated rings. The Balaban J connectivity index is 1.31. The highest BCUT2D eigenvalue weighted by Gasteiger charge is 2.47. The Hall–Kier alpha value is -2.89. The van der Waals surface area contributed by atoms with E-state index in [9.17, 15) is 4.79 Å². The zero-order chi connectivity index (χ0) is 21.1. The monoisotopic (exact) mass is 409 g/mol. The van der Waals surface area contributed by atoms with Gasteiger partial charge in [0.1, 0.15) is 12.4 Å². The van der Waals surface area contributed by atoms with E-state index in [2.05, 4.69) is 17.9 Å². The van der Waals surface area contributed by atoms with Crippen molar-refractivity contribution in [1.29, 1.82) is 0 Å². The molecule has 2 heterocycles. The van der Waals surface area contributed by atoms with Crippen molar-refractivity contribution in [2.45, 2.75) is 32.8 Å². The summed E-state index contributed by atoms with van der Waals surface area (Å²) in [5, 5.41) is 0. The van der Waals surface area contributed by atoms with Crippen LogP contribution in [0.25, 0.3) is 0 Å². The predicted octanol–water partition coefficient (Wildman–Crippen LogP) is 4.08. The molecule has 6 nitrogen and oxygen atoms in total. The number of ether oxygens (including phenoxy) is 2. The Labute approximate surface area is 178 Å². The van der Waals surface area contributed by atoms with Crippen LogP contribution in [0.1, 0.15) is 30.9 Å². The maximum absolute atomic E-state index is 12.4. The van der Waals surface area contributed by atoms with Gasteiger partial charge < -0.3 is 25.0 Å². The van der Waals surface area contributed by atoms with Gasteiger partial charge in [-0.15, -0.1) is 0 Å². The van der Waals surface area contributed by atoms with E-state index in [1.165, 1.54) is 11.3 Å². The summed E-state index contributed by atoms with van der Waals surface area (Å²) in [5.41, 5.74) is 10.5. The van der Waals surface area contributed by atoms with E-state index >= 15 is 0 Å².